The number of amides is 1. The monoisotopic (exact) mass is 403 g/mol. The first kappa shape index (κ1) is 19.6. The Morgan fingerprint density at radius 3 is 2.86 bits per heavy atom. The van der Waals surface area contributed by atoms with Crippen LogP contribution >= 0.6 is 11.6 Å². The standard InChI is InChI=1S/C18H19ClFN7O/c1-2-15(12-5-3-4-6-14(12)20)25-17-13(19)8-22-18(26-17)24-11-7-23-27(9-11)10-16(21)28/h3-9,15H,2,10H2,1H3,(H2,21,28)(H2,22,24,25,26). The molecule has 3 rings (SSSR count). The maximum Gasteiger partial charge on any atom is 0.239 e. The van der Waals surface area contributed by atoms with Crippen LogP contribution in [-0.2, 0) is 11.3 Å². The summed E-state index contributed by atoms with van der Waals surface area (Å²) in [5.41, 5.74) is 6.26. The maximum atomic E-state index is 14.1. The van der Waals surface area contributed by atoms with Gasteiger partial charge in [0.2, 0.25) is 11.9 Å². The van der Waals surface area contributed by atoms with Crippen molar-refractivity contribution in [1.29, 1.82) is 0 Å². The second kappa shape index (κ2) is 8.66. The van der Waals surface area contributed by atoms with Crippen LogP contribution in [0.4, 0.5) is 21.8 Å². The van der Waals surface area contributed by atoms with E-state index in [9.17, 15) is 9.18 Å². The number of hydrogen-bond donors (Lipinski definition) is 3. The van der Waals surface area contributed by atoms with Crippen LogP contribution in [0.3, 0.4) is 0 Å². The number of nitrogens with two attached hydrogens (primary N) is 1. The highest BCUT2D eigenvalue weighted by Crippen LogP contribution is 2.28. The molecule has 0 aliphatic rings. The maximum absolute atomic E-state index is 14.1. The van der Waals surface area contributed by atoms with Crippen LogP contribution in [0.1, 0.15) is 24.9 Å². The number of nitrogens with zero attached hydrogens (tertiary/aromatic N) is 4. The number of nitrogens with one attached hydrogen (secondary N) is 2. The van der Waals surface area contributed by atoms with E-state index < -0.39 is 5.91 Å². The number of aromatic nitrogens is 4. The molecule has 0 saturated heterocycles. The lowest BCUT2D eigenvalue weighted by molar-refractivity contribution is -0.118. The molecule has 2 aromatic heterocycles. The molecule has 2 heterocycles. The fraction of sp³-hybridized carbons (Fsp3) is 0.222. The summed E-state index contributed by atoms with van der Waals surface area (Å²) in [5.74, 6) is -0.150. The Labute approximate surface area is 165 Å². The molecule has 0 fully saturated rings. The van der Waals surface area contributed by atoms with Gasteiger partial charge in [-0.1, -0.05) is 36.7 Å². The average molecular weight is 404 g/mol. The van der Waals surface area contributed by atoms with Crippen LogP contribution < -0.4 is 16.4 Å². The summed E-state index contributed by atoms with van der Waals surface area (Å²) in [5, 5.41) is 10.5. The molecule has 4 N–H and O–H groups in total. The molecule has 0 radical (unpaired) electrons. The van der Waals surface area contributed by atoms with Crippen molar-refractivity contribution in [2.75, 3.05) is 10.6 Å². The van der Waals surface area contributed by atoms with E-state index in [4.69, 9.17) is 17.3 Å². The number of carbonyl (C=O) groups excluding carboxylic acids is 1. The SMILES string of the molecule is CCC(Nc1nc(Nc2cnn(CC(N)=O)c2)ncc1Cl)c1ccccc1F. The van der Waals surface area contributed by atoms with Crippen molar-refractivity contribution in [2.24, 2.45) is 5.73 Å². The molecule has 28 heavy (non-hydrogen) atoms. The van der Waals surface area contributed by atoms with Gasteiger partial charge in [-0.15, -0.1) is 0 Å². The molecule has 146 valence electrons. The summed E-state index contributed by atoms with van der Waals surface area (Å²) >= 11 is 6.21. The third kappa shape index (κ3) is 4.74. The highest BCUT2D eigenvalue weighted by atomic mass is 35.5. The molecule has 3 aromatic rings. The zero-order chi connectivity index (χ0) is 20.1. The molecular weight excluding hydrogens is 385 g/mol. The van der Waals surface area contributed by atoms with Crippen LogP contribution in [0.5, 0.6) is 0 Å². The summed E-state index contributed by atoms with van der Waals surface area (Å²) in [6.45, 7) is 1.91. The second-order valence-corrected chi connectivity index (χ2v) is 6.44. The van der Waals surface area contributed by atoms with Gasteiger partial charge in [-0.25, -0.2) is 9.37 Å². The Balaban J connectivity index is 1.78. The van der Waals surface area contributed by atoms with Crippen molar-refractivity contribution < 1.29 is 9.18 Å². The van der Waals surface area contributed by atoms with Gasteiger partial charge in [0.05, 0.1) is 24.1 Å². The highest BCUT2D eigenvalue weighted by molar-refractivity contribution is 6.32. The van der Waals surface area contributed by atoms with Gasteiger partial charge < -0.3 is 16.4 Å². The molecule has 0 bridgehead atoms. The molecule has 0 aliphatic carbocycles. The predicted octanol–water partition coefficient (Wildman–Crippen LogP) is 3.26. The van der Waals surface area contributed by atoms with Crippen LogP contribution in [0, 0.1) is 5.82 Å². The Kier molecular flexibility index (Phi) is 6.05. The average Bonchev–Trinajstić information content (AvgIpc) is 3.09. The van der Waals surface area contributed by atoms with Gasteiger partial charge in [-0.2, -0.15) is 10.1 Å². The van der Waals surface area contributed by atoms with Gasteiger partial charge >= 0.3 is 0 Å². The van der Waals surface area contributed by atoms with Crippen molar-refractivity contribution >= 4 is 35.0 Å². The quantitative estimate of drug-likeness (QED) is 0.532. The molecular formula is C18H19ClFN7O. The smallest absolute Gasteiger partial charge is 0.239 e. The number of rotatable bonds is 8. The van der Waals surface area contributed by atoms with E-state index in [-0.39, 0.29) is 24.4 Å². The molecule has 0 saturated carbocycles. The van der Waals surface area contributed by atoms with Crippen LogP contribution in [-0.4, -0.2) is 25.7 Å². The van der Waals surface area contributed by atoms with E-state index in [0.29, 0.717) is 28.5 Å². The van der Waals surface area contributed by atoms with Gasteiger partial charge in [-0.3, -0.25) is 9.48 Å². The molecule has 10 heteroatoms. The van der Waals surface area contributed by atoms with Gasteiger partial charge in [0.25, 0.3) is 0 Å². The second-order valence-electron chi connectivity index (χ2n) is 6.03. The molecule has 1 atom stereocenters. The molecule has 1 amide bonds. The zero-order valence-electron chi connectivity index (χ0n) is 15.1. The van der Waals surface area contributed by atoms with E-state index in [1.54, 1.807) is 24.4 Å². The molecule has 1 unspecified atom stereocenters. The summed E-state index contributed by atoms with van der Waals surface area (Å²) in [7, 11) is 0. The van der Waals surface area contributed by atoms with E-state index in [2.05, 4.69) is 25.7 Å². The minimum atomic E-state index is -0.498. The normalized spacial score (nSPS) is 11.8. The third-order valence-electron chi connectivity index (χ3n) is 3.95. The Hall–Kier alpha value is -3.20. The molecule has 1 aromatic carbocycles. The predicted molar refractivity (Wildman–Crippen MR) is 105 cm³/mol. The van der Waals surface area contributed by atoms with Gasteiger partial charge in [-0.05, 0) is 12.5 Å². The number of carbonyl (C=O) groups is 1. The number of anilines is 3. The Morgan fingerprint density at radius 1 is 1.36 bits per heavy atom. The highest BCUT2D eigenvalue weighted by Gasteiger charge is 2.16. The number of benzene rings is 1. The van der Waals surface area contributed by atoms with E-state index in [1.807, 2.05) is 6.92 Å². The molecule has 0 aliphatic heterocycles. The Morgan fingerprint density at radius 2 is 2.14 bits per heavy atom. The topological polar surface area (TPSA) is 111 Å². The molecule has 0 spiro atoms. The lowest BCUT2D eigenvalue weighted by atomic mass is 10.0. The fourth-order valence-electron chi connectivity index (χ4n) is 2.65. The lowest BCUT2D eigenvalue weighted by Crippen LogP contribution is -2.18. The van der Waals surface area contributed by atoms with E-state index in [0.717, 1.165) is 0 Å². The first-order chi connectivity index (χ1) is 13.5. The fourth-order valence-corrected chi connectivity index (χ4v) is 2.80. The number of primary amides is 1. The summed E-state index contributed by atoms with van der Waals surface area (Å²) in [6, 6.07) is 6.25. The summed E-state index contributed by atoms with van der Waals surface area (Å²) in [6.07, 6.45) is 5.19. The third-order valence-corrected chi connectivity index (χ3v) is 4.23. The first-order valence-corrected chi connectivity index (χ1v) is 8.95. The van der Waals surface area contributed by atoms with Crippen molar-refractivity contribution in [3.63, 3.8) is 0 Å². The first-order valence-electron chi connectivity index (χ1n) is 8.57. The van der Waals surface area contributed by atoms with Crippen molar-refractivity contribution in [3.8, 4) is 0 Å². The largest absolute Gasteiger partial charge is 0.368 e. The van der Waals surface area contributed by atoms with E-state index >= 15 is 0 Å². The number of halogens is 2. The van der Waals surface area contributed by atoms with Gasteiger partial charge in [0.15, 0.2) is 5.82 Å². The number of hydrogen-bond acceptors (Lipinski definition) is 6. The minimum Gasteiger partial charge on any atom is -0.368 e. The summed E-state index contributed by atoms with van der Waals surface area (Å²) < 4.78 is 15.5. The summed E-state index contributed by atoms with van der Waals surface area (Å²) in [4.78, 5) is 19.5. The van der Waals surface area contributed by atoms with Crippen molar-refractivity contribution in [3.05, 3.63) is 59.3 Å². The van der Waals surface area contributed by atoms with E-state index in [1.165, 1.54) is 23.1 Å². The van der Waals surface area contributed by atoms with Crippen molar-refractivity contribution in [1.82, 2.24) is 19.7 Å². The van der Waals surface area contributed by atoms with Gasteiger partial charge in [0.1, 0.15) is 17.4 Å². The van der Waals surface area contributed by atoms with Crippen LogP contribution in [0.15, 0.2) is 42.9 Å². The zero-order valence-corrected chi connectivity index (χ0v) is 15.8. The molecule has 8 nitrogen and oxygen atoms in total. The van der Waals surface area contributed by atoms with Crippen LogP contribution in [0.25, 0.3) is 0 Å². The van der Waals surface area contributed by atoms with Crippen LogP contribution in [0.2, 0.25) is 5.02 Å². The Bertz CT molecular complexity index is 978. The van der Waals surface area contributed by atoms with Gasteiger partial charge in [0, 0.05) is 11.8 Å². The lowest BCUT2D eigenvalue weighted by Gasteiger charge is -2.19. The minimum absolute atomic E-state index is 0.0310. The van der Waals surface area contributed by atoms with Crippen molar-refractivity contribution in [2.45, 2.75) is 25.9 Å².